The normalized spacial score (nSPS) is 4.20. The van der Waals surface area contributed by atoms with Crippen LogP contribution < -0.4 is 0 Å². The summed E-state index contributed by atoms with van der Waals surface area (Å²) in [4.78, 5) is 0. The molecule has 0 aliphatic carbocycles. The van der Waals surface area contributed by atoms with Gasteiger partial charge in [-0.1, -0.05) is 0 Å². The molecule has 1 atom stereocenters. The van der Waals surface area contributed by atoms with Crippen molar-refractivity contribution in [3.8, 4) is 0 Å². The highest BCUT2D eigenvalue weighted by molar-refractivity contribution is 8.93. The van der Waals surface area contributed by atoms with Crippen molar-refractivity contribution < 1.29 is 8.76 Å². The maximum atomic E-state index is 9.76. The van der Waals surface area contributed by atoms with Crippen LogP contribution in [0.2, 0.25) is 0 Å². The van der Waals surface area contributed by atoms with E-state index in [1.54, 1.807) is 0 Å². The molecule has 0 aromatic heterocycles. The van der Waals surface area contributed by atoms with Gasteiger partial charge in [-0.15, -0.1) is 34.0 Å². The third-order valence-corrected chi connectivity index (χ3v) is 0. The van der Waals surface area contributed by atoms with Gasteiger partial charge in [0, 0.05) is 0 Å². The number of hydrogen-bond acceptors (Lipinski definition) is 1. The van der Waals surface area contributed by atoms with Crippen LogP contribution in [0.1, 0.15) is 0 Å². The van der Waals surface area contributed by atoms with E-state index in [1.165, 1.54) is 0 Å². The summed E-state index contributed by atoms with van der Waals surface area (Å²) in [7, 11) is -1.67. The van der Waals surface area contributed by atoms with Gasteiger partial charge in [0.25, 0.3) is 0 Å². The fourth-order valence-corrected chi connectivity index (χ4v) is 0. The Kier molecular flexibility index (Phi) is 66.9. The average Bonchev–Trinajstić information content (AvgIpc) is 0.918. The van der Waals surface area contributed by atoms with E-state index in [2.05, 4.69) is 0 Å². The first-order chi connectivity index (χ1) is 1.41. The van der Waals surface area contributed by atoms with Gasteiger partial charge in [0.1, 0.15) is 0 Å². The second-order valence-corrected chi connectivity index (χ2v) is 0.231. The Hall–Kier alpha value is 0.990. The first-order valence-corrected chi connectivity index (χ1v) is 1.18. The van der Waals surface area contributed by atoms with Gasteiger partial charge in [0.05, 0.1) is 4.20 Å². The fourth-order valence-electron chi connectivity index (χ4n) is 0. The first kappa shape index (κ1) is 16.7. The molecule has 0 fully saturated rings. The van der Waals surface area contributed by atoms with Crippen molar-refractivity contribution in [1.29, 1.82) is 0 Å². The summed E-state index contributed by atoms with van der Waals surface area (Å²) in [5.41, 5.74) is 0. The van der Waals surface area contributed by atoms with Crippen LogP contribution in [0.5, 0.6) is 0 Å². The molecule has 0 N–H and O–H groups in total. The molecule has 0 bridgehead atoms. The minimum absolute atomic E-state index is 0. The maximum absolute atomic E-state index is 9.76. The average molecular weight is 229 g/mol. The van der Waals surface area contributed by atoms with Gasteiger partial charge in [-0.25, -0.2) is 0 Å². The van der Waals surface area contributed by atoms with Crippen LogP contribution in [0.3, 0.4) is 0 Å². The molecular formula is H3Br2FOP+. The smallest absolute Gasteiger partial charge is 0.114 e. The lowest BCUT2D eigenvalue weighted by molar-refractivity contribution is 0.575. The van der Waals surface area contributed by atoms with E-state index >= 15 is 0 Å². The van der Waals surface area contributed by atoms with E-state index in [1.807, 2.05) is 0 Å². The van der Waals surface area contributed by atoms with Crippen LogP contribution >= 0.6 is 42.7 Å². The predicted molar refractivity (Wildman–Crippen MR) is 30.8 cm³/mol. The molecular weight excluding hydrogens is 226 g/mol. The largest absolute Gasteiger partial charge is 0.545 e. The molecule has 5 heteroatoms. The predicted octanol–water partition coefficient (Wildman–Crippen LogP) is 2.05. The summed E-state index contributed by atoms with van der Waals surface area (Å²) >= 11 is 0. The van der Waals surface area contributed by atoms with Crippen molar-refractivity contribution in [2.75, 3.05) is 0 Å². The van der Waals surface area contributed by atoms with Crippen molar-refractivity contribution >= 4 is 42.7 Å². The molecule has 0 aliphatic heterocycles. The Morgan fingerprint density at radius 2 is 1.40 bits per heavy atom. The Morgan fingerprint density at radius 1 is 1.40 bits per heavy atom. The second-order valence-electron chi connectivity index (χ2n) is 0.0772. The van der Waals surface area contributed by atoms with Crippen LogP contribution in [0.4, 0.5) is 4.20 Å². The molecule has 0 heterocycles. The van der Waals surface area contributed by atoms with Crippen LogP contribution in [0, 0.1) is 0 Å². The molecule has 0 saturated heterocycles. The number of halogens is 3. The zero-order valence-electron chi connectivity index (χ0n) is 2.10. The van der Waals surface area contributed by atoms with Gasteiger partial charge in [-0.2, -0.15) is 0 Å². The van der Waals surface area contributed by atoms with Crippen LogP contribution in [0.25, 0.3) is 0 Å². The summed E-state index contributed by atoms with van der Waals surface area (Å²) in [6.45, 7) is 0. The SMILES string of the molecule is Br.Br.O=[PH+]F. The molecule has 5 heavy (non-hydrogen) atoms. The molecule has 0 amide bonds. The van der Waals surface area contributed by atoms with Gasteiger partial charge >= 0.3 is 8.77 Å². The van der Waals surface area contributed by atoms with E-state index in [0.717, 1.165) is 0 Å². The molecule has 0 saturated carbocycles. The summed E-state index contributed by atoms with van der Waals surface area (Å²) < 4.78 is 18.1. The molecule has 0 spiro atoms. The topological polar surface area (TPSA) is 17.1 Å². The highest BCUT2D eigenvalue weighted by atomic mass is 79.9. The third-order valence-electron chi connectivity index (χ3n) is 0. The quantitative estimate of drug-likeness (QED) is 0.580. The first-order valence-electron chi connectivity index (χ1n) is 0.393. The van der Waals surface area contributed by atoms with Crippen molar-refractivity contribution in [3.63, 3.8) is 0 Å². The van der Waals surface area contributed by atoms with E-state index in [0.29, 0.717) is 0 Å². The highest BCUT2D eigenvalue weighted by Gasteiger charge is 1.54. The van der Waals surface area contributed by atoms with E-state index in [-0.39, 0.29) is 34.0 Å². The molecule has 0 aliphatic rings. The van der Waals surface area contributed by atoms with E-state index in [4.69, 9.17) is 4.57 Å². The third kappa shape index (κ3) is 45.5. The molecule has 0 radical (unpaired) electrons. The van der Waals surface area contributed by atoms with Gasteiger partial charge in [0.15, 0.2) is 0 Å². The molecule has 1 nitrogen and oxygen atoms in total. The van der Waals surface area contributed by atoms with Gasteiger partial charge in [0.2, 0.25) is 0 Å². The molecule has 0 aromatic carbocycles. The Labute approximate surface area is 51.8 Å². The van der Waals surface area contributed by atoms with Crippen LogP contribution in [0.15, 0.2) is 0 Å². The zero-order valence-corrected chi connectivity index (χ0v) is 6.53. The number of hydrogen-bond donors (Lipinski definition) is 0. The van der Waals surface area contributed by atoms with Crippen molar-refractivity contribution in [2.24, 2.45) is 0 Å². The standard InChI is InChI=1S/2BrH.FHOP/c;;1-3-2/h2*1H;3H/q;;+1. The molecule has 34 valence electrons. The second kappa shape index (κ2) is 20.1. The lowest BCUT2D eigenvalue weighted by Crippen LogP contribution is -0.761. The zero-order chi connectivity index (χ0) is 2.71. The monoisotopic (exact) mass is 227 g/mol. The molecule has 1 unspecified atom stereocenters. The van der Waals surface area contributed by atoms with Gasteiger partial charge < -0.3 is 0 Å². The summed E-state index contributed by atoms with van der Waals surface area (Å²) in [6.07, 6.45) is 0. The lowest BCUT2D eigenvalue weighted by Gasteiger charge is -0.968. The molecule has 0 rings (SSSR count). The Balaban J connectivity index is -0.0000000200. The Bertz CT molecular complexity index is 17.1. The summed E-state index contributed by atoms with van der Waals surface area (Å²) in [5.74, 6) is 0. The minimum Gasteiger partial charge on any atom is -0.114 e. The van der Waals surface area contributed by atoms with Crippen molar-refractivity contribution in [2.45, 2.75) is 0 Å². The van der Waals surface area contributed by atoms with Gasteiger partial charge in [-0.3, -0.25) is 0 Å². The summed E-state index contributed by atoms with van der Waals surface area (Å²) in [6, 6.07) is 0. The molecule has 0 aromatic rings. The van der Waals surface area contributed by atoms with Crippen molar-refractivity contribution in [1.82, 2.24) is 0 Å². The highest BCUT2D eigenvalue weighted by Crippen LogP contribution is 1.83. The lowest BCUT2D eigenvalue weighted by atomic mass is 16.0. The summed E-state index contributed by atoms with van der Waals surface area (Å²) in [5, 5.41) is 0. The van der Waals surface area contributed by atoms with E-state index in [9.17, 15) is 4.20 Å². The minimum atomic E-state index is -1.67. The Morgan fingerprint density at radius 3 is 1.40 bits per heavy atom. The van der Waals surface area contributed by atoms with Gasteiger partial charge in [-0.05, 0) is 4.57 Å². The maximum Gasteiger partial charge on any atom is 0.545 e. The fraction of sp³-hybridized carbons (Fsp3) is 0. The van der Waals surface area contributed by atoms with Crippen LogP contribution in [-0.4, -0.2) is 0 Å². The number of rotatable bonds is 0. The van der Waals surface area contributed by atoms with Crippen LogP contribution in [-0.2, 0) is 4.57 Å². The van der Waals surface area contributed by atoms with E-state index < -0.39 is 8.77 Å². The van der Waals surface area contributed by atoms with Crippen molar-refractivity contribution in [3.05, 3.63) is 0 Å².